The van der Waals surface area contributed by atoms with Gasteiger partial charge in [0.1, 0.15) is 11.4 Å². The van der Waals surface area contributed by atoms with Crippen molar-refractivity contribution in [1.29, 1.82) is 0 Å². The van der Waals surface area contributed by atoms with Crippen LogP contribution in [-0.4, -0.2) is 54.6 Å². The molecule has 1 amide bonds. The van der Waals surface area contributed by atoms with E-state index in [-0.39, 0.29) is 30.4 Å². The van der Waals surface area contributed by atoms with Gasteiger partial charge in [0.15, 0.2) is 18.1 Å². The van der Waals surface area contributed by atoms with Gasteiger partial charge >= 0.3 is 5.63 Å². The second-order valence-corrected chi connectivity index (χ2v) is 8.38. The first-order valence-corrected chi connectivity index (χ1v) is 10.9. The van der Waals surface area contributed by atoms with Crippen LogP contribution in [0.2, 0.25) is 0 Å². The summed E-state index contributed by atoms with van der Waals surface area (Å²) in [6, 6.07) is 12.9. The molecule has 1 aromatic heterocycles. The van der Waals surface area contributed by atoms with Gasteiger partial charge in [-0.1, -0.05) is 12.1 Å². The summed E-state index contributed by atoms with van der Waals surface area (Å²) in [7, 11) is 1.51. The number of nitrogens with zero attached hydrogens (tertiary/aromatic N) is 2. The van der Waals surface area contributed by atoms with E-state index in [2.05, 4.69) is 11.8 Å². The molecular formula is C25H27FN2O5. The molecule has 1 saturated heterocycles. The van der Waals surface area contributed by atoms with Gasteiger partial charge < -0.3 is 18.8 Å². The van der Waals surface area contributed by atoms with Crippen molar-refractivity contribution in [3.05, 3.63) is 70.3 Å². The van der Waals surface area contributed by atoms with Gasteiger partial charge in [0, 0.05) is 49.2 Å². The molecule has 0 radical (unpaired) electrons. The maximum atomic E-state index is 13.2. The number of ether oxygens (including phenoxy) is 2. The average Bonchev–Trinajstić information content (AvgIpc) is 2.80. The van der Waals surface area contributed by atoms with Gasteiger partial charge in [-0.05, 0) is 43.7 Å². The number of rotatable bonds is 6. The molecule has 1 aliphatic heterocycles. The zero-order valence-electron chi connectivity index (χ0n) is 18.9. The number of hydrogen-bond acceptors (Lipinski definition) is 6. The normalized spacial score (nSPS) is 19.0. The highest BCUT2D eigenvalue weighted by Crippen LogP contribution is 2.32. The molecule has 2 unspecified atom stereocenters. The number of carbonyl (C=O) groups is 1. The predicted octanol–water partition coefficient (Wildman–Crippen LogP) is 3.44. The van der Waals surface area contributed by atoms with Crippen molar-refractivity contribution in [2.75, 3.05) is 26.8 Å². The van der Waals surface area contributed by atoms with Crippen molar-refractivity contribution in [2.24, 2.45) is 0 Å². The Morgan fingerprint density at radius 3 is 2.55 bits per heavy atom. The van der Waals surface area contributed by atoms with Crippen LogP contribution in [-0.2, 0) is 11.3 Å². The number of halogens is 1. The maximum Gasteiger partial charge on any atom is 0.336 e. The molecule has 7 nitrogen and oxygen atoms in total. The van der Waals surface area contributed by atoms with Crippen molar-refractivity contribution in [1.82, 2.24) is 9.80 Å². The largest absolute Gasteiger partial charge is 0.493 e. The maximum absolute atomic E-state index is 13.2. The summed E-state index contributed by atoms with van der Waals surface area (Å²) in [5.41, 5.74) is 0.937. The molecule has 4 rings (SSSR count). The predicted molar refractivity (Wildman–Crippen MR) is 122 cm³/mol. The minimum atomic E-state index is -0.462. The molecule has 0 saturated carbocycles. The van der Waals surface area contributed by atoms with Gasteiger partial charge in [-0.2, -0.15) is 0 Å². The van der Waals surface area contributed by atoms with E-state index in [1.165, 1.54) is 25.3 Å². The number of carbonyl (C=O) groups excluding carboxylic acids is 1. The van der Waals surface area contributed by atoms with Gasteiger partial charge in [0.25, 0.3) is 5.91 Å². The van der Waals surface area contributed by atoms with Crippen LogP contribution in [0.25, 0.3) is 11.0 Å². The molecule has 1 fully saturated rings. The molecule has 2 heterocycles. The molecule has 174 valence electrons. The molecule has 2 aromatic carbocycles. The Morgan fingerprint density at radius 1 is 1.06 bits per heavy atom. The van der Waals surface area contributed by atoms with E-state index in [0.29, 0.717) is 42.1 Å². The topological polar surface area (TPSA) is 72.2 Å². The summed E-state index contributed by atoms with van der Waals surface area (Å²) in [6.45, 7) is 5.89. The number of hydrogen-bond donors (Lipinski definition) is 0. The molecular weight excluding hydrogens is 427 g/mol. The summed E-state index contributed by atoms with van der Waals surface area (Å²) in [6.07, 6.45) is 0. The molecule has 2 atom stereocenters. The SMILES string of the molecule is COc1cc2ccc(=O)oc2cc1OCC(=O)N1CC(C)N(Cc2ccc(F)cc2)CC1C. The first-order valence-electron chi connectivity index (χ1n) is 10.9. The van der Waals surface area contributed by atoms with Gasteiger partial charge in [-0.25, -0.2) is 9.18 Å². The van der Waals surface area contributed by atoms with Crippen molar-refractivity contribution in [2.45, 2.75) is 32.5 Å². The summed E-state index contributed by atoms with van der Waals surface area (Å²) in [5, 5.41) is 0.699. The van der Waals surface area contributed by atoms with Crippen LogP contribution >= 0.6 is 0 Å². The summed E-state index contributed by atoms with van der Waals surface area (Å²) >= 11 is 0. The number of piperazine rings is 1. The highest BCUT2D eigenvalue weighted by molar-refractivity contribution is 5.82. The lowest BCUT2D eigenvalue weighted by atomic mass is 10.1. The molecule has 8 heteroatoms. The first kappa shape index (κ1) is 22.8. The van der Waals surface area contributed by atoms with E-state index in [9.17, 15) is 14.0 Å². The number of fused-ring (bicyclic) bond motifs is 1. The third-order valence-corrected chi connectivity index (χ3v) is 5.99. The smallest absolute Gasteiger partial charge is 0.336 e. The molecule has 33 heavy (non-hydrogen) atoms. The van der Waals surface area contributed by atoms with E-state index in [1.807, 2.05) is 11.8 Å². The monoisotopic (exact) mass is 454 g/mol. The van der Waals surface area contributed by atoms with E-state index in [0.717, 1.165) is 5.56 Å². The molecule has 1 aliphatic rings. The molecule has 0 aliphatic carbocycles. The zero-order valence-corrected chi connectivity index (χ0v) is 18.9. The minimum absolute atomic E-state index is 0.00531. The molecule has 0 spiro atoms. The van der Waals surface area contributed by atoms with Crippen LogP contribution < -0.4 is 15.1 Å². The fourth-order valence-corrected chi connectivity index (χ4v) is 4.16. The highest BCUT2D eigenvalue weighted by Gasteiger charge is 2.32. The fourth-order valence-electron chi connectivity index (χ4n) is 4.16. The van der Waals surface area contributed by atoms with E-state index >= 15 is 0 Å². The van der Waals surface area contributed by atoms with Crippen molar-refractivity contribution in [3.63, 3.8) is 0 Å². The quantitative estimate of drug-likeness (QED) is 0.532. The third kappa shape index (κ3) is 5.17. The molecule has 0 N–H and O–H groups in total. The van der Waals surface area contributed by atoms with E-state index in [1.54, 1.807) is 30.3 Å². The summed E-state index contributed by atoms with van der Waals surface area (Å²) in [4.78, 5) is 28.6. The Labute approximate surface area is 191 Å². The van der Waals surface area contributed by atoms with E-state index in [4.69, 9.17) is 13.9 Å². The zero-order chi connectivity index (χ0) is 23.5. The standard InChI is InChI=1S/C25H27FN2O5/c1-16-13-28(17(2)12-27(16)14-18-4-7-20(26)8-5-18)24(29)15-32-23-11-21-19(10-22(23)31-3)6-9-25(30)33-21/h4-11,16-17H,12-15H2,1-3H3. The minimum Gasteiger partial charge on any atom is -0.493 e. The third-order valence-electron chi connectivity index (χ3n) is 5.99. The van der Waals surface area contributed by atoms with Crippen LogP contribution in [0.4, 0.5) is 4.39 Å². The Balaban J connectivity index is 1.40. The van der Waals surface area contributed by atoms with E-state index < -0.39 is 5.63 Å². The summed E-state index contributed by atoms with van der Waals surface area (Å²) < 4.78 is 29.6. The van der Waals surface area contributed by atoms with Crippen LogP contribution in [0.15, 0.2) is 57.7 Å². The number of methoxy groups -OCH3 is 1. The number of benzene rings is 2. The van der Waals surface area contributed by atoms with Crippen LogP contribution in [0.5, 0.6) is 11.5 Å². The second kappa shape index (κ2) is 9.62. The average molecular weight is 454 g/mol. The van der Waals surface area contributed by atoms with Gasteiger partial charge in [0.2, 0.25) is 0 Å². The Bertz CT molecular complexity index is 1190. The van der Waals surface area contributed by atoms with Gasteiger partial charge in [0.05, 0.1) is 7.11 Å². The molecule has 0 bridgehead atoms. The lowest BCUT2D eigenvalue weighted by Crippen LogP contribution is -2.58. The summed E-state index contributed by atoms with van der Waals surface area (Å²) in [5.74, 6) is 0.409. The Morgan fingerprint density at radius 2 is 1.82 bits per heavy atom. The number of amides is 1. The second-order valence-electron chi connectivity index (χ2n) is 8.38. The first-order chi connectivity index (χ1) is 15.8. The molecule has 3 aromatic rings. The van der Waals surface area contributed by atoms with Crippen molar-refractivity contribution >= 4 is 16.9 Å². The van der Waals surface area contributed by atoms with Crippen LogP contribution in [0.1, 0.15) is 19.4 Å². The lowest BCUT2D eigenvalue weighted by molar-refractivity contribution is -0.139. The van der Waals surface area contributed by atoms with Gasteiger partial charge in [-0.3, -0.25) is 9.69 Å². The highest BCUT2D eigenvalue weighted by atomic mass is 19.1. The van der Waals surface area contributed by atoms with Gasteiger partial charge in [-0.15, -0.1) is 0 Å². The Hall–Kier alpha value is -3.39. The van der Waals surface area contributed by atoms with Crippen LogP contribution in [0, 0.1) is 5.82 Å². The Kier molecular flexibility index (Phi) is 6.65. The lowest BCUT2D eigenvalue weighted by Gasteiger charge is -2.44. The van der Waals surface area contributed by atoms with Crippen LogP contribution in [0.3, 0.4) is 0 Å². The fraction of sp³-hybridized carbons (Fsp3) is 0.360. The van der Waals surface area contributed by atoms with Crippen molar-refractivity contribution in [3.8, 4) is 11.5 Å². The van der Waals surface area contributed by atoms with Crippen molar-refractivity contribution < 1.29 is 23.1 Å².